The van der Waals surface area contributed by atoms with Crippen LogP contribution in [-0.4, -0.2) is 34.0 Å². The van der Waals surface area contributed by atoms with E-state index in [4.69, 9.17) is 11.6 Å². The average Bonchev–Trinajstić information content (AvgIpc) is 2.57. The molecule has 0 fully saturated rings. The van der Waals surface area contributed by atoms with Crippen molar-refractivity contribution >= 4 is 17.3 Å². The lowest BCUT2D eigenvalue weighted by Gasteiger charge is -2.40. The van der Waals surface area contributed by atoms with Gasteiger partial charge in [-0.1, -0.05) is 23.7 Å². The maximum atomic E-state index is 14.1. The fourth-order valence-corrected chi connectivity index (χ4v) is 2.86. The van der Waals surface area contributed by atoms with Crippen molar-refractivity contribution < 1.29 is 32.5 Å². The van der Waals surface area contributed by atoms with E-state index in [9.17, 15) is 27.8 Å². The Morgan fingerprint density at radius 3 is 2.69 bits per heavy atom. The zero-order chi connectivity index (χ0) is 19.1. The highest BCUT2D eigenvalue weighted by atomic mass is 35.5. The van der Waals surface area contributed by atoms with Crippen molar-refractivity contribution in [2.24, 2.45) is 0 Å². The molecular formula is C16H13ClF4N2O3. The fraction of sp³-hybridized carbons (Fsp3) is 0.312. The number of aliphatic hydroxyl groups is 2. The third-order valence-corrected chi connectivity index (χ3v) is 4.05. The van der Waals surface area contributed by atoms with Gasteiger partial charge in [0.15, 0.2) is 5.75 Å². The summed E-state index contributed by atoms with van der Waals surface area (Å²) in [6.07, 6.45) is -9.27. The summed E-state index contributed by atoms with van der Waals surface area (Å²) >= 11 is 5.82. The molecule has 3 rings (SSSR count). The van der Waals surface area contributed by atoms with Gasteiger partial charge in [-0.25, -0.2) is 8.78 Å². The number of aromatic nitrogens is 1. The highest BCUT2D eigenvalue weighted by Crippen LogP contribution is 2.46. The Morgan fingerprint density at radius 1 is 1.31 bits per heavy atom. The molecule has 1 aliphatic rings. The van der Waals surface area contributed by atoms with Gasteiger partial charge in [0.2, 0.25) is 6.23 Å². The highest BCUT2D eigenvalue weighted by molar-refractivity contribution is 6.30. The quantitative estimate of drug-likeness (QED) is 0.781. The van der Waals surface area contributed by atoms with Crippen LogP contribution in [0.25, 0.3) is 0 Å². The summed E-state index contributed by atoms with van der Waals surface area (Å²) in [6.45, 7) is -0.241. The van der Waals surface area contributed by atoms with Crippen LogP contribution in [0.3, 0.4) is 0 Å². The van der Waals surface area contributed by atoms with E-state index in [1.165, 1.54) is 30.6 Å². The third kappa shape index (κ3) is 3.42. The van der Waals surface area contributed by atoms with E-state index in [1.807, 2.05) is 0 Å². The van der Waals surface area contributed by atoms with Gasteiger partial charge in [-0.3, -0.25) is 4.98 Å². The van der Waals surface area contributed by atoms with Crippen LogP contribution in [0.1, 0.15) is 17.2 Å². The molecule has 2 heterocycles. The summed E-state index contributed by atoms with van der Waals surface area (Å²) in [7, 11) is 0. The molecule has 1 unspecified atom stereocenters. The molecule has 2 N–H and O–H groups in total. The van der Waals surface area contributed by atoms with E-state index in [0.29, 0.717) is 5.56 Å². The molecule has 0 saturated carbocycles. The van der Waals surface area contributed by atoms with Crippen LogP contribution < -0.4 is 9.64 Å². The summed E-state index contributed by atoms with van der Waals surface area (Å²) in [6, 6.07) is 5.13. The first-order valence-electron chi connectivity index (χ1n) is 7.41. The standard InChI is InChI=1S/C16H13ClF4N2O3/c17-9-4-8(5-22-6-9)7-23-11-3-1-2-10(12(24)14(18)19)13(11)26-16(20,21)15(23)25/h1-6,12,14-15,24-25H,7H2/t12-,15?/m0/s1. The number of pyridine rings is 1. The first-order valence-corrected chi connectivity index (χ1v) is 7.78. The number of hydrogen-bond donors (Lipinski definition) is 2. The smallest absolute Gasteiger partial charge is 0.427 e. The van der Waals surface area contributed by atoms with Gasteiger partial charge in [0.25, 0.3) is 6.43 Å². The number of aliphatic hydroxyl groups excluding tert-OH is 2. The first-order chi connectivity index (χ1) is 12.2. The number of halogens is 5. The lowest BCUT2D eigenvalue weighted by Crippen LogP contribution is -2.54. The van der Waals surface area contributed by atoms with Gasteiger partial charge in [0, 0.05) is 24.5 Å². The van der Waals surface area contributed by atoms with Crippen molar-refractivity contribution in [3.8, 4) is 5.75 Å². The minimum atomic E-state index is -4.09. The lowest BCUT2D eigenvalue weighted by molar-refractivity contribution is -0.246. The van der Waals surface area contributed by atoms with Gasteiger partial charge in [0.05, 0.1) is 10.7 Å². The van der Waals surface area contributed by atoms with Crippen LogP contribution in [-0.2, 0) is 6.54 Å². The molecule has 1 aromatic carbocycles. The Hall–Kier alpha value is -2.10. The van der Waals surface area contributed by atoms with Crippen LogP contribution in [0.5, 0.6) is 5.75 Å². The minimum absolute atomic E-state index is 0.0689. The van der Waals surface area contributed by atoms with Gasteiger partial charge in [-0.2, -0.15) is 8.78 Å². The van der Waals surface area contributed by atoms with Crippen LogP contribution in [0.4, 0.5) is 23.2 Å². The molecule has 26 heavy (non-hydrogen) atoms. The Kier molecular flexibility index (Phi) is 4.96. The first kappa shape index (κ1) is 18.7. The zero-order valence-corrected chi connectivity index (χ0v) is 13.7. The van der Waals surface area contributed by atoms with E-state index in [1.54, 1.807) is 0 Å². The topological polar surface area (TPSA) is 65.8 Å². The van der Waals surface area contributed by atoms with Gasteiger partial charge < -0.3 is 19.8 Å². The molecule has 0 bridgehead atoms. The molecule has 140 valence electrons. The third-order valence-electron chi connectivity index (χ3n) is 3.84. The summed E-state index contributed by atoms with van der Waals surface area (Å²) < 4.78 is 58.4. The van der Waals surface area contributed by atoms with Crippen molar-refractivity contribution in [1.29, 1.82) is 0 Å². The van der Waals surface area contributed by atoms with Gasteiger partial charge in [0.1, 0.15) is 6.10 Å². The molecule has 0 amide bonds. The SMILES string of the molecule is OC1N(Cc2cncc(Cl)c2)c2cccc([C@H](O)C(F)F)c2OC1(F)F. The second-order valence-corrected chi connectivity index (χ2v) is 6.09. The van der Waals surface area contributed by atoms with E-state index in [0.717, 1.165) is 11.0 Å². The van der Waals surface area contributed by atoms with Crippen molar-refractivity contribution in [3.05, 3.63) is 52.8 Å². The number of nitrogens with zero attached hydrogens (tertiary/aromatic N) is 2. The lowest BCUT2D eigenvalue weighted by atomic mass is 10.0. The second-order valence-electron chi connectivity index (χ2n) is 5.65. The van der Waals surface area contributed by atoms with E-state index in [-0.39, 0.29) is 17.3 Å². The molecule has 2 atom stereocenters. The Labute approximate surface area is 150 Å². The monoisotopic (exact) mass is 392 g/mol. The fourth-order valence-electron chi connectivity index (χ4n) is 2.66. The highest BCUT2D eigenvalue weighted by Gasteiger charge is 2.51. The molecule has 0 aliphatic carbocycles. The molecule has 0 spiro atoms. The summed E-state index contributed by atoms with van der Waals surface area (Å²) in [5.74, 6) is -0.620. The van der Waals surface area contributed by atoms with Crippen molar-refractivity contribution in [2.45, 2.75) is 31.4 Å². The zero-order valence-electron chi connectivity index (χ0n) is 13.0. The number of benzene rings is 1. The van der Waals surface area contributed by atoms with Crippen LogP contribution in [0.2, 0.25) is 5.02 Å². The molecule has 2 aromatic rings. The largest absolute Gasteiger partial charge is 0.444 e. The number of hydrogen-bond acceptors (Lipinski definition) is 5. The van der Waals surface area contributed by atoms with Crippen molar-refractivity contribution in [1.82, 2.24) is 4.98 Å². The molecular weight excluding hydrogens is 380 g/mol. The Balaban J connectivity index is 2.07. The van der Waals surface area contributed by atoms with E-state index in [2.05, 4.69) is 9.72 Å². The van der Waals surface area contributed by atoms with Gasteiger partial charge >= 0.3 is 6.11 Å². The number of alkyl halides is 4. The summed E-state index contributed by atoms with van der Waals surface area (Å²) in [4.78, 5) is 4.71. The summed E-state index contributed by atoms with van der Waals surface area (Å²) in [5, 5.41) is 19.9. The van der Waals surface area contributed by atoms with Gasteiger partial charge in [-0.15, -0.1) is 0 Å². The molecule has 1 aromatic heterocycles. The maximum absolute atomic E-state index is 14.1. The van der Waals surface area contributed by atoms with Crippen molar-refractivity contribution in [2.75, 3.05) is 4.90 Å². The average molecular weight is 393 g/mol. The van der Waals surface area contributed by atoms with Gasteiger partial charge in [-0.05, 0) is 17.7 Å². The van der Waals surface area contributed by atoms with Crippen LogP contribution >= 0.6 is 11.6 Å². The molecule has 1 aliphatic heterocycles. The predicted molar refractivity (Wildman–Crippen MR) is 84.4 cm³/mol. The molecule has 0 radical (unpaired) electrons. The normalized spacial score (nSPS) is 19.8. The van der Waals surface area contributed by atoms with E-state index < -0.39 is 36.2 Å². The molecule has 5 nitrogen and oxygen atoms in total. The van der Waals surface area contributed by atoms with Crippen LogP contribution in [0.15, 0.2) is 36.7 Å². The second kappa shape index (κ2) is 6.90. The number of ether oxygens (including phenoxy) is 1. The van der Waals surface area contributed by atoms with Crippen molar-refractivity contribution in [3.63, 3.8) is 0 Å². The Bertz CT molecular complexity index is 809. The number of para-hydroxylation sites is 1. The number of anilines is 1. The summed E-state index contributed by atoms with van der Waals surface area (Å²) in [5.41, 5.74) is -0.168. The van der Waals surface area contributed by atoms with Crippen LogP contribution in [0, 0.1) is 0 Å². The van der Waals surface area contributed by atoms with E-state index >= 15 is 0 Å². The predicted octanol–water partition coefficient (Wildman–Crippen LogP) is 3.34. The minimum Gasteiger partial charge on any atom is -0.427 e. The number of fused-ring (bicyclic) bond motifs is 1. The maximum Gasteiger partial charge on any atom is 0.444 e. The molecule has 0 saturated heterocycles. The number of rotatable bonds is 4. The Morgan fingerprint density at radius 2 is 2.04 bits per heavy atom. The molecule has 10 heteroatoms.